The normalized spacial score (nSPS) is 14.1. The van der Waals surface area contributed by atoms with Crippen LogP contribution >= 0.6 is 0 Å². The first-order chi connectivity index (χ1) is 11.2. The van der Waals surface area contributed by atoms with Crippen molar-refractivity contribution in [2.45, 2.75) is 25.3 Å². The van der Waals surface area contributed by atoms with Gasteiger partial charge < -0.3 is 10.3 Å². The molecule has 2 N–H and O–H groups in total. The fraction of sp³-hybridized carbons (Fsp3) is 0.286. The molecule has 0 spiro atoms. The lowest BCUT2D eigenvalue weighted by Gasteiger charge is -2.07. The molecule has 0 aliphatic heterocycles. The topological polar surface area (TPSA) is 118 Å². The summed E-state index contributed by atoms with van der Waals surface area (Å²) >= 11 is 0. The molecule has 3 heterocycles. The predicted molar refractivity (Wildman–Crippen MR) is 80.8 cm³/mol. The number of anilines is 1. The van der Waals surface area contributed by atoms with E-state index in [1.807, 2.05) is 0 Å². The summed E-state index contributed by atoms with van der Waals surface area (Å²) in [7, 11) is 0. The van der Waals surface area contributed by atoms with Crippen LogP contribution in [0.4, 0.5) is 5.82 Å². The Kier molecular flexibility index (Phi) is 3.11. The Morgan fingerprint density at radius 2 is 2.17 bits per heavy atom. The quantitative estimate of drug-likeness (QED) is 0.721. The highest BCUT2D eigenvalue weighted by Gasteiger charge is 2.25. The van der Waals surface area contributed by atoms with Crippen molar-refractivity contribution >= 4 is 22.9 Å². The number of hydrogen-bond donors (Lipinski definition) is 2. The molecule has 1 amide bonds. The van der Waals surface area contributed by atoms with Crippen molar-refractivity contribution in [3.63, 3.8) is 0 Å². The molecule has 1 saturated carbocycles. The van der Waals surface area contributed by atoms with Gasteiger partial charge in [-0.2, -0.15) is 5.10 Å². The molecule has 0 saturated heterocycles. The zero-order valence-corrected chi connectivity index (χ0v) is 12.1. The van der Waals surface area contributed by atoms with E-state index < -0.39 is 0 Å². The number of carbonyl (C=O) groups is 1. The molecule has 23 heavy (non-hydrogen) atoms. The molecule has 3 aromatic rings. The minimum absolute atomic E-state index is 0.168. The lowest BCUT2D eigenvalue weighted by atomic mass is 10.3. The molecular weight excluding hydrogens is 298 g/mol. The standard InChI is InChI=1S/C14H13N7O2/c22-10(19-14-12-13(16-6-15-12)17-7-18-14)5-21-11(23)4-3-9(20-21)8-1-2-8/h3-4,6-8H,1-2,5H2,(H2,15,16,17,18,19,22). The molecule has 0 unspecified atom stereocenters. The summed E-state index contributed by atoms with van der Waals surface area (Å²) in [5.74, 6) is 0.349. The first-order valence-electron chi connectivity index (χ1n) is 7.23. The minimum atomic E-state index is -0.387. The van der Waals surface area contributed by atoms with E-state index in [4.69, 9.17) is 0 Å². The third kappa shape index (κ3) is 2.68. The predicted octanol–water partition coefficient (Wildman–Crippen LogP) is 0.426. The van der Waals surface area contributed by atoms with Crippen LogP contribution in [-0.4, -0.2) is 35.6 Å². The van der Waals surface area contributed by atoms with Crippen molar-refractivity contribution in [2.24, 2.45) is 0 Å². The highest BCUT2D eigenvalue weighted by Crippen LogP contribution is 2.38. The zero-order chi connectivity index (χ0) is 15.8. The number of carbonyl (C=O) groups excluding carboxylic acids is 1. The second-order valence-corrected chi connectivity index (χ2v) is 5.40. The number of nitrogens with one attached hydrogen (secondary N) is 2. The van der Waals surface area contributed by atoms with Gasteiger partial charge in [-0.25, -0.2) is 19.6 Å². The van der Waals surface area contributed by atoms with Gasteiger partial charge in [0.1, 0.15) is 18.4 Å². The summed E-state index contributed by atoms with van der Waals surface area (Å²) in [6, 6.07) is 3.18. The van der Waals surface area contributed by atoms with Crippen molar-refractivity contribution in [3.8, 4) is 0 Å². The van der Waals surface area contributed by atoms with Gasteiger partial charge in [0.05, 0.1) is 12.0 Å². The van der Waals surface area contributed by atoms with Crippen LogP contribution in [-0.2, 0) is 11.3 Å². The number of hydrogen-bond acceptors (Lipinski definition) is 6. The van der Waals surface area contributed by atoms with Gasteiger partial charge in [0.25, 0.3) is 5.56 Å². The molecule has 1 fully saturated rings. The minimum Gasteiger partial charge on any atom is -0.340 e. The summed E-state index contributed by atoms with van der Waals surface area (Å²) in [6.07, 6.45) is 4.95. The summed E-state index contributed by atoms with van der Waals surface area (Å²) in [4.78, 5) is 38.9. The van der Waals surface area contributed by atoms with Crippen LogP contribution in [0.2, 0.25) is 0 Å². The molecule has 4 rings (SSSR count). The van der Waals surface area contributed by atoms with Crippen molar-refractivity contribution in [2.75, 3.05) is 5.32 Å². The van der Waals surface area contributed by atoms with Gasteiger partial charge in [0, 0.05) is 12.0 Å². The molecule has 116 valence electrons. The first kappa shape index (κ1) is 13.6. The Hall–Kier alpha value is -3.10. The molecule has 0 atom stereocenters. The lowest BCUT2D eigenvalue weighted by Crippen LogP contribution is -2.30. The fourth-order valence-electron chi connectivity index (χ4n) is 2.34. The van der Waals surface area contributed by atoms with Gasteiger partial charge in [0.2, 0.25) is 5.91 Å². The third-order valence-corrected chi connectivity index (χ3v) is 3.66. The second-order valence-electron chi connectivity index (χ2n) is 5.40. The summed E-state index contributed by atoms with van der Waals surface area (Å²) < 4.78 is 1.17. The largest absolute Gasteiger partial charge is 0.340 e. The number of amides is 1. The Morgan fingerprint density at radius 1 is 1.30 bits per heavy atom. The number of fused-ring (bicyclic) bond motifs is 1. The Morgan fingerprint density at radius 3 is 3.00 bits per heavy atom. The molecule has 9 nitrogen and oxygen atoms in total. The molecule has 0 radical (unpaired) electrons. The second kappa shape index (κ2) is 5.27. The van der Waals surface area contributed by atoms with Crippen LogP contribution in [0.3, 0.4) is 0 Å². The zero-order valence-electron chi connectivity index (χ0n) is 12.1. The van der Waals surface area contributed by atoms with Crippen LogP contribution in [0, 0.1) is 0 Å². The Labute approximate surface area is 129 Å². The average Bonchev–Trinajstić information content (AvgIpc) is 3.27. The maximum absolute atomic E-state index is 12.2. The number of rotatable bonds is 4. The highest BCUT2D eigenvalue weighted by atomic mass is 16.2. The molecule has 0 bridgehead atoms. The van der Waals surface area contributed by atoms with Gasteiger partial charge in [-0.1, -0.05) is 0 Å². The monoisotopic (exact) mass is 311 g/mol. The van der Waals surface area contributed by atoms with Crippen LogP contribution in [0.5, 0.6) is 0 Å². The van der Waals surface area contributed by atoms with Gasteiger partial charge in [-0.05, 0) is 18.9 Å². The maximum atomic E-state index is 12.2. The van der Waals surface area contributed by atoms with Gasteiger partial charge in [-0.3, -0.25) is 9.59 Å². The SMILES string of the molecule is O=C(Cn1nc(C2CC2)ccc1=O)Nc1ncnc2nc[nH]c12. The van der Waals surface area contributed by atoms with Crippen LogP contribution < -0.4 is 10.9 Å². The van der Waals surface area contributed by atoms with Gasteiger partial charge >= 0.3 is 0 Å². The summed E-state index contributed by atoms with van der Waals surface area (Å²) in [5.41, 5.74) is 1.54. The number of aromatic amines is 1. The fourth-order valence-corrected chi connectivity index (χ4v) is 2.34. The number of nitrogens with zero attached hydrogens (tertiary/aromatic N) is 5. The Balaban J connectivity index is 1.55. The van der Waals surface area contributed by atoms with E-state index in [2.05, 4.69) is 30.4 Å². The van der Waals surface area contributed by atoms with Crippen LogP contribution in [0.25, 0.3) is 11.2 Å². The maximum Gasteiger partial charge on any atom is 0.267 e. The summed E-state index contributed by atoms with van der Waals surface area (Å²) in [6.45, 7) is -0.168. The van der Waals surface area contributed by atoms with E-state index in [0.717, 1.165) is 18.5 Å². The van der Waals surface area contributed by atoms with E-state index in [1.54, 1.807) is 6.07 Å². The lowest BCUT2D eigenvalue weighted by molar-refractivity contribution is -0.117. The average molecular weight is 311 g/mol. The van der Waals surface area contributed by atoms with Crippen molar-refractivity contribution in [1.29, 1.82) is 0 Å². The van der Waals surface area contributed by atoms with E-state index in [-0.39, 0.29) is 18.0 Å². The van der Waals surface area contributed by atoms with Crippen LogP contribution in [0.15, 0.2) is 29.6 Å². The van der Waals surface area contributed by atoms with E-state index >= 15 is 0 Å². The van der Waals surface area contributed by atoms with Crippen molar-refractivity contribution < 1.29 is 4.79 Å². The Bertz CT molecular complexity index is 941. The van der Waals surface area contributed by atoms with Gasteiger partial charge in [0.15, 0.2) is 11.5 Å². The van der Waals surface area contributed by atoms with E-state index in [9.17, 15) is 9.59 Å². The molecule has 9 heteroatoms. The number of H-pyrrole nitrogens is 1. The highest BCUT2D eigenvalue weighted by molar-refractivity contribution is 5.96. The van der Waals surface area contributed by atoms with Crippen LogP contribution in [0.1, 0.15) is 24.5 Å². The third-order valence-electron chi connectivity index (χ3n) is 3.66. The van der Waals surface area contributed by atoms with E-state index in [1.165, 1.54) is 23.4 Å². The smallest absolute Gasteiger partial charge is 0.267 e. The van der Waals surface area contributed by atoms with Crippen molar-refractivity contribution in [1.82, 2.24) is 29.7 Å². The number of aromatic nitrogens is 6. The molecule has 3 aromatic heterocycles. The summed E-state index contributed by atoms with van der Waals surface area (Å²) in [5, 5.41) is 6.91. The van der Waals surface area contributed by atoms with Crippen molar-refractivity contribution in [3.05, 3.63) is 40.8 Å². The van der Waals surface area contributed by atoms with Gasteiger partial charge in [-0.15, -0.1) is 0 Å². The molecule has 1 aliphatic rings. The van der Waals surface area contributed by atoms with E-state index in [0.29, 0.717) is 22.9 Å². The molecule has 0 aromatic carbocycles. The molecule has 1 aliphatic carbocycles. The number of imidazole rings is 1. The first-order valence-corrected chi connectivity index (χ1v) is 7.23. The molecular formula is C14H13N7O2.